The molecular weight excluding hydrogens is 363 g/mol. The number of carbonyl (C=O) groups excluding carboxylic acids is 1. The third-order valence-electron chi connectivity index (χ3n) is 3.74. The standard InChI is InChI=1S/C19H18F3NO4/c1-3-27-17(24)18(25,19(20,21)22)14-6-8-15(9-7-14)23-12-13-4-10-16(26-2)11-5-13/h4-12,25H,3H2,1-2H3/t18-/m0/s1. The number of alkyl halides is 3. The summed E-state index contributed by atoms with van der Waals surface area (Å²) in [5, 5.41) is 10.0. The lowest BCUT2D eigenvalue weighted by atomic mass is 9.93. The Balaban J connectivity index is 2.25. The van der Waals surface area contributed by atoms with Crippen molar-refractivity contribution < 1.29 is 32.5 Å². The van der Waals surface area contributed by atoms with Gasteiger partial charge in [0.05, 0.1) is 19.4 Å². The first kappa shape index (κ1) is 20.4. The van der Waals surface area contributed by atoms with Gasteiger partial charge in [-0.2, -0.15) is 13.2 Å². The summed E-state index contributed by atoms with van der Waals surface area (Å²) in [5.74, 6) is -1.09. The Morgan fingerprint density at radius 1 is 1.11 bits per heavy atom. The van der Waals surface area contributed by atoms with Gasteiger partial charge in [0.25, 0.3) is 5.60 Å². The van der Waals surface area contributed by atoms with Crippen LogP contribution < -0.4 is 4.74 Å². The van der Waals surface area contributed by atoms with Crippen molar-refractivity contribution in [2.75, 3.05) is 13.7 Å². The molecule has 1 N–H and O–H groups in total. The number of aliphatic imine (C=N–C) groups is 1. The SMILES string of the molecule is CCOC(=O)[C@@](O)(c1ccc(N=Cc2ccc(OC)cc2)cc1)C(F)(F)F. The van der Waals surface area contributed by atoms with Gasteiger partial charge in [-0.25, -0.2) is 4.79 Å². The minimum absolute atomic E-state index is 0.290. The Kier molecular flexibility index (Phi) is 6.22. The molecule has 0 aliphatic rings. The number of ether oxygens (including phenoxy) is 2. The Bertz CT molecular complexity index is 801. The van der Waals surface area contributed by atoms with Crippen molar-refractivity contribution in [3.8, 4) is 5.75 Å². The molecule has 27 heavy (non-hydrogen) atoms. The van der Waals surface area contributed by atoms with Crippen molar-refractivity contribution in [1.29, 1.82) is 0 Å². The normalized spacial score (nSPS) is 14.0. The molecule has 0 aliphatic carbocycles. The minimum Gasteiger partial charge on any atom is -0.497 e. The quantitative estimate of drug-likeness (QED) is 0.611. The monoisotopic (exact) mass is 381 g/mol. The molecule has 0 aliphatic heterocycles. The van der Waals surface area contributed by atoms with Crippen LogP contribution in [0.5, 0.6) is 5.75 Å². The van der Waals surface area contributed by atoms with E-state index in [0.29, 0.717) is 11.4 Å². The zero-order chi connectivity index (χ0) is 20.1. The highest BCUT2D eigenvalue weighted by atomic mass is 19.4. The number of hydrogen-bond donors (Lipinski definition) is 1. The van der Waals surface area contributed by atoms with E-state index in [-0.39, 0.29) is 6.61 Å². The van der Waals surface area contributed by atoms with E-state index in [4.69, 9.17) is 4.74 Å². The Morgan fingerprint density at radius 3 is 2.19 bits per heavy atom. The molecule has 2 rings (SSSR count). The Hall–Kier alpha value is -2.87. The van der Waals surface area contributed by atoms with Crippen LogP contribution in [-0.2, 0) is 15.1 Å². The zero-order valence-electron chi connectivity index (χ0n) is 14.7. The number of rotatable bonds is 6. The summed E-state index contributed by atoms with van der Waals surface area (Å²) in [5.41, 5.74) is -3.26. The van der Waals surface area contributed by atoms with Gasteiger partial charge >= 0.3 is 12.1 Å². The van der Waals surface area contributed by atoms with Gasteiger partial charge in [-0.05, 0) is 48.9 Å². The summed E-state index contributed by atoms with van der Waals surface area (Å²) < 4.78 is 49.4. The van der Waals surface area contributed by atoms with Crippen molar-refractivity contribution >= 4 is 17.9 Å². The lowest BCUT2D eigenvalue weighted by Crippen LogP contribution is -2.50. The number of benzene rings is 2. The van der Waals surface area contributed by atoms with Gasteiger partial charge in [0.1, 0.15) is 5.75 Å². The fraction of sp³-hybridized carbons (Fsp3) is 0.263. The summed E-state index contributed by atoms with van der Waals surface area (Å²) in [6, 6.07) is 11.5. The fourth-order valence-electron chi connectivity index (χ4n) is 2.26. The van der Waals surface area contributed by atoms with E-state index in [1.807, 2.05) is 0 Å². The summed E-state index contributed by atoms with van der Waals surface area (Å²) in [7, 11) is 1.54. The van der Waals surface area contributed by atoms with Gasteiger partial charge in [0.2, 0.25) is 0 Å². The first-order valence-electron chi connectivity index (χ1n) is 7.97. The van der Waals surface area contributed by atoms with Crippen LogP contribution in [0, 0.1) is 0 Å². The number of aliphatic hydroxyl groups is 1. The molecule has 0 spiro atoms. The van der Waals surface area contributed by atoms with Crippen LogP contribution in [0.3, 0.4) is 0 Å². The van der Waals surface area contributed by atoms with E-state index in [0.717, 1.165) is 17.7 Å². The molecule has 0 amide bonds. The summed E-state index contributed by atoms with van der Waals surface area (Å²) >= 11 is 0. The van der Waals surface area contributed by atoms with E-state index >= 15 is 0 Å². The second-order valence-electron chi connectivity index (χ2n) is 5.51. The first-order chi connectivity index (χ1) is 12.7. The predicted octanol–water partition coefficient (Wildman–Crippen LogP) is 3.76. The van der Waals surface area contributed by atoms with Crippen LogP contribution in [0.15, 0.2) is 53.5 Å². The van der Waals surface area contributed by atoms with Gasteiger partial charge in [0.15, 0.2) is 0 Å². The van der Waals surface area contributed by atoms with Crippen LogP contribution in [0.2, 0.25) is 0 Å². The molecule has 0 bridgehead atoms. The van der Waals surface area contributed by atoms with E-state index < -0.39 is 23.3 Å². The Labute approximate surface area is 154 Å². The van der Waals surface area contributed by atoms with E-state index in [2.05, 4.69) is 9.73 Å². The number of hydrogen-bond acceptors (Lipinski definition) is 5. The molecule has 144 valence electrons. The van der Waals surface area contributed by atoms with E-state index in [1.54, 1.807) is 31.4 Å². The number of esters is 1. The van der Waals surface area contributed by atoms with E-state index in [9.17, 15) is 23.1 Å². The molecule has 2 aromatic carbocycles. The summed E-state index contributed by atoms with van der Waals surface area (Å²) in [4.78, 5) is 15.9. The number of methoxy groups -OCH3 is 1. The average Bonchev–Trinajstić information content (AvgIpc) is 2.65. The van der Waals surface area contributed by atoms with Crippen molar-refractivity contribution in [1.82, 2.24) is 0 Å². The number of carbonyl (C=O) groups is 1. The average molecular weight is 381 g/mol. The lowest BCUT2D eigenvalue weighted by molar-refractivity contribution is -0.267. The van der Waals surface area contributed by atoms with E-state index in [1.165, 1.54) is 25.3 Å². The Morgan fingerprint density at radius 2 is 1.70 bits per heavy atom. The second-order valence-corrected chi connectivity index (χ2v) is 5.51. The smallest absolute Gasteiger partial charge is 0.432 e. The first-order valence-corrected chi connectivity index (χ1v) is 7.97. The highest BCUT2D eigenvalue weighted by molar-refractivity contribution is 5.83. The van der Waals surface area contributed by atoms with Crippen LogP contribution >= 0.6 is 0 Å². The van der Waals surface area contributed by atoms with Crippen molar-refractivity contribution in [2.24, 2.45) is 4.99 Å². The maximum atomic E-state index is 13.3. The topological polar surface area (TPSA) is 68.1 Å². The molecule has 0 saturated carbocycles. The fourth-order valence-corrected chi connectivity index (χ4v) is 2.26. The zero-order valence-corrected chi connectivity index (χ0v) is 14.7. The van der Waals surface area contributed by atoms with Crippen LogP contribution in [0.1, 0.15) is 18.1 Å². The highest BCUT2D eigenvalue weighted by Crippen LogP contribution is 2.40. The third-order valence-corrected chi connectivity index (χ3v) is 3.74. The molecule has 5 nitrogen and oxygen atoms in total. The maximum absolute atomic E-state index is 13.3. The van der Waals surface area contributed by atoms with Crippen molar-refractivity contribution in [3.05, 3.63) is 59.7 Å². The van der Waals surface area contributed by atoms with Gasteiger partial charge in [0, 0.05) is 11.8 Å². The molecular formula is C19H18F3NO4. The van der Waals surface area contributed by atoms with Crippen LogP contribution in [0.25, 0.3) is 0 Å². The second kappa shape index (κ2) is 8.22. The number of halogens is 3. The van der Waals surface area contributed by atoms with Gasteiger partial charge in [-0.15, -0.1) is 0 Å². The van der Waals surface area contributed by atoms with Crippen molar-refractivity contribution in [3.63, 3.8) is 0 Å². The highest BCUT2D eigenvalue weighted by Gasteiger charge is 2.62. The predicted molar refractivity (Wildman–Crippen MR) is 93.3 cm³/mol. The summed E-state index contributed by atoms with van der Waals surface area (Å²) in [6.07, 6.45) is -3.71. The lowest BCUT2D eigenvalue weighted by Gasteiger charge is -2.28. The molecule has 0 unspecified atom stereocenters. The maximum Gasteiger partial charge on any atom is 0.432 e. The minimum atomic E-state index is -5.23. The summed E-state index contributed by atoms with van der Waals surface area (Å²) in [6.45, 7) is 1.06. The van der Waals surface area contributed by atoms with Crippen LogP contribution in [0.4, 0.5) is 18.9 Å². The van der Waals surface area contributed by atoms with Gasteiger partial charge in [-0.1, -0.05) is 12.1 Å². The largest absolute Gasteiger partial charge is 0.497 e. The van der Waals surface area contributed by atoms with Crippen molar-refractivity contribution in [2.45, 2.75) is 18.7 Å². The molecule has 8 heteroatoms. The molecule has 0 radical (unpaired) electrons. The third kappa shape index (κ3) is 4.46. The molecule has 2 aromatic rings. The van der Waals surface area contributed by atoms with Gasteiger partial charge < -0.3 is 14.6 Å². The molecule has 0 saturated heterocycles. The molecule has 0 aromatic heterocycles. The molecule has 1 atom stereocenters. The molecule has 0 fully saturated rings. The number of nitrogens with zero attached hydrogens (tertiary/aromatic N) is 1. The van der Waals surface area contributed by atoms with Gasteiger partial charge in [-0.3, -0.25) is 4.99 Å². The molecule has 0 heterocycles. The van der Waals surface area contributed by atoms with Crippen LogP contribution in [-0.4, -0.2) is 37.2 Å².